The van der Waals surface area contributed by atoms with Crippen molar-refractivity contribution in [2.24, 2.45) is 0 Å². The van der Waals surface area contributed by atoms with E-state index in [0.717, 1.165) is 24.9 Å². The fourth-order valence-corrected chi connectivity index (χ4v) is 6.31. The molecule has 2 aliphatic rings. The molecule has 8 nitrogen and oxygen atoms in total. The van der Waals surface area contributed by atoms with Gasteiger partial charge < -0.3 is 24.4 Å². The molecule has 1 N–H and O–H groups in total. The number of benzene rings is 2. The molecule has 0 saturated carbocycles. The Bertz CT molecular complexity index is 1290. The average molecular weight is 620 g/mol. The third-order valence-electron chi connectivity index (χ3n) is 8.51. The van der Waals surface area contributed by atoms with Gasteiger partial charge >= 0.3 is 18.2 Å². The summed E-state index contributed by atoms with van der Waals surface area (Å²) in [6.45, 7) is 8.03. The molecule has 2 saturated heterocycles. The maximum atomic E-state index is 14.2. The van der Waals surface area contributed by atoms with Crippen molar-refractivity contribution in [1.29, 1.82) is 0 Å². The van der Waals surface area contributed by atoms with E-state index in [0.29, 0.717) is 69.0 Å². The Hall–Kier alpha value is -3.47. The molecule has 0 bridgehead atoms. The van der Waals surface area contributed by atoms with Gasteiger partial charge in [-0.2, -0.15) is 13.2 Å². The molecule has 0 aliphatic carbocycles. The van der Waals surface area contributed by atoms with Crippen LogP contribution in [0.1, 0.15) is 76.0 Å². The van der Waals surface area contributed by atoms with Crippen LogP contribution in [-0.2, 0) is 28.8 Å². The smallest absolute Gasteiger partial charge is 0.416 e. The van der Waals surface area contributed by atoms with Crippen molar-refractivity contribution in [2.75, 3.05) is 38.2 Å². The standard InChI is InChI=1S/C33H44F3N3O5/c1-31(2,3)44-29(40)7-5-15-38(22-24-8-10-28(43-4)11-9-24)27-20-25(19-26(21-27)33(34,35)36)23-39-16-6-12-32(39)13-17-37(18-14-32)30(41)42/h8-11,19-21H,5-7,12-18,22-23H2,1-4H3,(H,41,42). The molecule has 1 spiro atoms. The van der Waals surface area contributed by atoms with E-state index >= 15 is 0 Å². The Labute approximate surface area is 257 Å². The van der Waals surface area contributed by atoms with Crippen LogP contribution in [0.25, 0.3) is 0 Å². The number of piperidine rings is 1. The van der Waals surface area contributed by atoms with Crippen LogP contribution in [0, 0.1) is 0 Å². The quantitative estimate of drug-likeness (QED) is 0.288. The number of rotatable bonds is 10. The first kappa shape index (κ1) is 33.4. The molecule has 0 unspecified atom stereocenters. The van der Waals surface area contributed by atoms with Gasteiger partial charge in [0, 0.05) is 50.4 Å². The van der Waals surface area contributed by atoms with E-state index in [-0.39, 0.29) is 17.9 Å². The van der Waals surface area contributed by atoms with E-state index in [9.17, 15) is 27.9 Å². The van der Waals surface area contributed by atoms with Crippen molar-refractivity contribution < 1.29 is 37.3 Å². The Balaban J connectivity index is 1.60. The number of alkyl halides is 3. The summed E-state index contributed by atoms with van der Waals surface area (Å²) in [6, 6.07) is 11.6. The maximum Gasteiger partial charge on any atom is 0.416 e. The predicted octanol–water partition coefficient (Wildman–Crippen LogP) is 6.95. The van der Waals surface area contributed by atoms with E-state index < -0.39 is 23.4 Å². The van der Waals surface area contributed by atoms with E-state index in [2.05, 4.69) is 4.90 Å². The first-order valence-corrected chi connectivity index (χ1v) is 15.2. The highest BCUT2D eigenvalue weighted by molar-refractivity contribution is 5.70. The van der Waals surface area contributed by atoms with Crippen molar-refractivity contribution in [3.8, 4) is 5.75 Å². The number of hydrogen-bond donors (Lipinski definition) is 1. The van der Waals surface area contributed by atoms with Gasteiger partial charge in [0.15, 0.2) is 0 Å². The first-order chi connectivity index (χ1) is 20.7. The van der Waals surface area contributed by atoms with Crippen LogP contribution >= 0.6 is 0 Å². The van der Waals surface area contributed by atoms with Crippen molar-refractivity contribution in [3.05, 3.63) is 59.2 Å². The van der Waals surface area contributed by atoms with Gasteiger partial charge in [-0.15, -0.1) is 0 Å². The van der Waals surface area contributed by atoms with Crippen LogP contribution in [0.2, 0.25) is 0 Å². The second-order valence-electron chi connectivity index (χ2n) is 12.9. The van der Waals surface area contributed by atoms with Crippen molar-refractivity contribution in [1.82, 2.24) is 9.80 Å². The number of carbonyl (C=O) groups excluding carboxylic acids is 1. The molecule has 2 heterocycles. The SMILES string of the molecule is COc1ccc(CN(CCCC(=O)OC(C)(C)C)c2cc(CN3CCCC34CCN(C(=O)O)CC4)cc(C(F)(F)F)c2)cc1. The normalized spacial score (nSPS) is 17.1. The molecular formula is C33H44F3N3O5. The van der Waals surface area contributed by atoms with Crippen LogP contribution < -0.4 is 9.64 Å². The summed E-state index contributed by atoms with van der Waals surface area (Å²) in [7, 11) is 1.57. The van der Waals surface area contributed by atoms with Crippen LogP contribution in [0.5, 0.6) is 5.75 Å². The number of nitrogens with zero attached hydrogens (tertiary/aromatic N) is 3. The molecule has 2 fully saturated rings. The third kappa shape index (κ3) is 8.80. The third-order valence-corrected chi connectivity index (χ3v) is 8.51. The second-order valence-corrected chi connectivity index (χ2v) is 12.9. The van der Waals surface area contributed by atoms with Crippen LogP contribution in [0.3, 0.4) is 0 Å². The highest BCUT2D eigenvalue weighted by atomic mass is 19.4. The van der Waals surface area contributed by atoms with Crippen molar-refractivity contribution in [2.45, 2.75) is 89.7 Å². The molecule has 242 valence electrons. The zero-order valence-electron chi connectivity index (χ0n) is 26.1. The molecule has 11 heteroatoms. The number of hydrogen-bond acceptors (Lipinski definition) is 6. The molecule has 0 radical (unpaired) electrons. The first-order valence-electron chi connectivity index (χ1n) is 15.2. The Morgan fingerprint density at radius 2 is 1.66 bits per heavy atom. The summed E-state index contributed by atoms with van der Waals surface area (Å²) in [6.07, 6.45) is -1.76. The van der Waals surface area contributed by atoms with Crippen molar-refractivity contribution in [3.63, 3.8) is 0 Å². The Kier molecular flexibility index (Phi) is 10.4. The molecule has 2 aromatic rings. The van der Waals surface area contributed by atoms with Gasteiger partial charge in [-0.1, -0.05) is 12.1 Å². The summed E-state index contributed by atoms with van der Waals surface area (Å²) < 4.78 is 53.4. The van der Waals surface area contributed by atoms with E-state index in [1.807, 2.05) is 35.2 Å². The van der Waals surface area contributed by atoms with Crippen LogP contribution in [0.15, 0.2) is 42.5 Å². The highest BCUT2D eigenvalue weighted by Crippen LogP contribution is 2.41. The fraction of sp³-hybridized carbons (Fsp3) is 0.576. The van der Waals surface area contributed by atoms with E-state index in [1.54, 1.807) is 27.9 Å². The zero-order valence-corrected chi connectivity index (χ0v) is 26.1. The van der Waals surface area contributed by atoms with E-state index in [1.165, 1.54) is 17.0 Å². The maximum absolute atomic E-state index is 14.2. The Morgan fingerprint density at radius 3 is 2.25 bits per heavy atom. The van der Waals surface area contributed by atoms with Gasteiger partial charge in [0.25, 0.3) is 0 Å². The average Bonchev–Trinajstić information content (AvgIpc) is 3.32. The predicted molar refractivity (Wildman–Crippen MR) is 162 cm³/mol. The molecule has 1 amide bonds. The highest BCUT2D eigenvalue weighted by Gasteiger charge is 2.44. The number of methoxy groups -OCH3 is 1. The number of anilines is 1. The largest absolute Gasteiger partial charge is 0.497 e. The van der Waals surface area contributed by atoms with Crippen LogP contribution in [0.4, 0.5) is 23.7 Å². The summed E-state index contributed by atoms with van der Waals surface area (Å²) in [5, 5.41) is 9.40. The number of amides is 1. The minimum absolute atomic E-state index is 0.145. The summed E-state index contributed by atoms with van der Waals surface area (Å²) in [5.74, 6) is 0.334. The lowest BCUT2D eigenvalue weighted by atomic mass is 9.85. The molecule has 0 aromatic heterocycles. The molecule has 44 heavy (non-hydrogen) atoms. The van der Waals surface area contributed by atoms with Gasteiger partial charge in [0.2, 0.25) is 0 Å². The number of carboxylic acid groups (broad SMARTS) is 1. The number of carbonyl (C=O) groups is 2. The van der Waals surface area contributed by atoms with Gasteiger partial charge in [-0.3, -0.25) is 9.69 Å². The molecular weight excluding hydrogens is 575 g/mol. The topological polar surface area (TPSA) is 82.5 Å². The van der Waals surface area contributed by atoms with Gasteiger partial charge in [0.05, 0.1) is 12.7 Å². The van der Waals surface area contributed by atoms with Gasteiger partial charge in [0.1, 0.15) is 11.4 Å². The number of esters is 1. The number of likely N-dealkylation sites (tertiary alicyclic amines) is 2. The lowest BCUT2D eigenvalue weighted by molar-refractivity contribution is -0.154. The van der Waals surface area contributed by atoms with Crippen molar-refractivity contribution >= 4 is 17.7 Å². The second kappa shape index (κ2) is 13.7. The minimum Gasteiger partial charge on any atom is -0.497 e. The van der Waals surface area contributed by atoms with Gasteiger partial charge in [-0.05, 0) is 101 Å². The summed E-state index contributed by atoms with van der Waals surface area (Å²) >= 11 is 0. The monoisotopic (exact) mass is 619 g/mol. The minimum atomic E-state index is -4.54. The molecule has 0 atom stereocenters. The summed E-state index contributed by atoms with van der Waals surface area (Å²) in [4.78, 5) is 29.4. The molecule has 2 aromatic carbocycles. The van der Waals surface area contributed by atoms with Crippen LogP contribution in [-0.4, -0.2) is 71.4 Å². The molecule has 2 aliphatic heterocycles. The lowest BCUT2D eigenvalue weighted by Gasteiger charge is -2.44. The summed E-state index contributed by atoms with van der Waals surface area (Å²) in [5.41, 5.74) is 0.340. The number of halogens is 3. The lowest BCUT2D eigenvalue weighted by Crippen LogP contribution is -2.52. The molecule has 4 rings (SSSR count). The van der Waals surface area contributed by atoms with E-state index in [4.69, 9.17) is 9.47 Å². The zero-order chi connectivity index (χ0) is 32.1. The Morgan fingerprint density at radius 1 is 0.977 bits per heavy atom. The van der Waals surface area contributed by atoms with Gasteiger partial charge in [-0.25, -0.2) is 4.79 Å². The number of ether oxygens (including phenoxy) is 2. The fourth-order valence-electron chi connectivity index (χ4n) is 6.31.